The van der Waals surface area contributed by atoms with E-state index in [1.54, 1.807) is 12.1 Å². The zero-order valence-electron chi connectivity index (χ0n) is 12.1. The molecule has 1 atom stereocenters. The van der Waals surface area contributed by atoms with Crippen LogP contribution in [0.4, 0.5) is 4.39 Å². The minimum Gasteiger partial charge on any atom is -0.388 e. The Morgan fingerprint density at radius 1 is 1.19 bits per heavy atom. The van der Waals surface area contributed by atoms with Crippen LogP contribution < -0.4 is 5.73 Å². The smallest absolute Gasteiger partial charge is 0.129 e. The molecule has 0 fully saturated rings. The van der Waals surface area contributed by atoms with Gasteiger partial charge in [0.1, 0.15) is 5.82 Å². The summed E-state index contributed by atoms with van der Waals surface area (Å²) in [6.07, 6.45) is 0.484. The molecule has 0 saturated carbocycles. The van der Waals surface area contributed by atoms with Crippen molar-refractivity contribution in [2.45, 2.75) is 25.9 Å². The third-order valence-corrected chi connectivity index (χ3v) is 4.64. The van der Waals surface area contributed by atoms with E-state index >= 15 is 0 Å². The number of nitrogens with two attached hydrogens (primary N) is 1. The Hall–Kier alpha value is -1.71. The van der Waals surface area contributed by atoms with Crippen molar-refractivity contribution in [3.63, 3.8) is 0 Å². The quantitative estimate of drug-likeness (QED) is 0.911. The van der Waals surface area contributed by atoms with Crippen molar-refractivity contribution in [3.05, 3.63) is 70.5 Å². The number of aliphatic hydroxyl groups excluding tert-OH is 1. The molecule has 0 heterocycles. The number of benzene rings is 2. The van der Waals surface area contributed by atoms with E-state index in [-0.39, 0.29) is 5.82 Å². The maximum Gasteiger partial charge on any atom is 0.129 e. The third kappa shape index (κ3) is 2.37. The monoisotopic (exact) mass is 285 g/mol. The lowest BCUT2D eigenvalue weighted by molar-refractivity contribution is 0.0330. The first-order valence-electron chi connectivity index (χ1n) is 7.27. The Morgan fingerprint density at radius 2 is 1.81 bits per heavy atom. The van der Waals surface area contributed by atoms with Crippen LogP contribution in [-0.2, 0) is 12.8 Å². The summed E-state index contributed by atoms with van der Waals surface area (Å²) < 4.78 is 14.1. The van der Waals surface area contributed by atoms with Crippen LogP contribution in [0.1, 0.15) is 28.4 Å². The van der Waals surface area contributed by atoms with E-state index in [0.717, 1.165) is 5.56 Å². The lowest BCUT2D eigenvalue weighted by atomic mass is 9.76. The van der Waals surface area contributed by atoms with Gasteiger partial charge in [0.2, 0.25) is 0 Å². The van der Waals surface area contributed by atoms with Gasteiger partial charge in [-0.25, -0.2) is 4.39 Å². The van der Waals surface area contributed by atoms with Crippen LogP contribution in [0, 0.1) is 18.2 Å². The number of aryl methyl sites for hydroxylation is 1. The molecule has 1 aliphatic rings. The molecule has 110 valence electrons. The first-order chi connectivity index (χ1) is 10.1. The summed E-state index contributed by atoms with van der Waals surface area (Å²) in [4.78, 5) is 0. The van der Waals surface area contributed by atoms with E-state index in [1.165, 1.54) is 17.2 Å². The summed E-state index contributed by atoms with van der Waals surface area (Å²) in [5.74, 6) is -0.364. The number of rotatable bonds is 3. The highest BCUT2D eigenvalue weighted by atomic mass is 19.1. The Morgan fingerprint density at radius 3 is 2.38 bits per heavy atom. The maximum atomic E-state index is 14.1. The molecule has 3 rings (SSSR count). The van der Waals surface area contributed by atoms with Crippen LogP contribution in [0.15, 0.2) is 42.5 Å². The molecule has 0 spiro atoms. The first-order valence-corrected chi connectivity index (χ1v) is 7.27. The van der Waals surface area contributed by atoms with Crippen molar-refractivity contribution >= 4 is 0 Å². The number of hydrogen-bond acceptors (Lipinski definition) is 2. The van der Waals surface area contributed by atoms with Crippen molar-refractivity contribution in [3.8, 4) is 0 Å². The SMILES string of the molecule is Cc1ccc(F)c(C(O)C2(CN)Cc3ccccc3C2)c1. The van der Waals surface area contributed by atoms with Crippen LogP contribution in [0.25, 0.3) is 0 Å². The minimum absolute atomic E-state index is 0.330. The van der Waals surface area contributed by atoms with Crippen LogP contribution in [0.5, 0.6) is 0 Å². The molecule has 3 heteroatoms. The van der Waals surface area contributed by atoms with Gasteiger partial charge in [-0.1, -0.05) is 42.0 Å². The molecule has 2 aromatic carbocycles. The van der Waals surface area contributed by atoms with Crippen LogP contribution in [0.3, 0.4) is 0 Å². The van der Waals surface area contributed by atoms with Crippen molar-refractivity contribution < 1.29 is 9.50 Å². The van der Waals surface area contributed by atoms with E-state index in [0.29, 0.717) is 24.9 Å². The van der Waals surface area contributed by atoms with Crippen molar-refractivity contribution in [1.29, 1.82) is 0 Å². The van der Waals surface area contributed by atoms with E-state index in [2.05, 4.69) is 12.1 Å². The number of halogens is 1. The normalized spacial score (nSPS) is 17.5. The lowest BCUT2D eigenvalue weighted by Crippen LogP contribution is -2.38. The summed E-state index contributed by atoms with van der Waals surface area (Å²) >= 11 is 0. The van der Waals surface area contributed by atoms with Gasteiger partial charge in [0, 0.05) is 17.5 Å². The molecule has 2 nitrogen and oxygen atoms in total. The highest BCUT2D eigenvalue weighted by Crippen LogP contribution is 2.45. The number of aliphatic hydroxyl groups is 1. The lowest BCUT2D eigenvalue weighted by Gasteiger charge is -2.33. The molecule has 21 heavy (non-hydrogen) atoms. The fourth-order valence-corrected chi connectivity index (χ4v) is 3.38. The summed E-state index contributed by atoms with van der Waals surface area (Å²) in [6.45, 7) is 2.23. The van der Waals surface area contributed by atoms with Gasteiger partial charge in [-0.05, 0) is 37.0 Å². The van der Waals surface area contributed by atoms with Gasteiger partial charge in [0.15, 0.2) is 0 Å². The summed E-state index contributed by atoms with van der Waals surface area (Å²) in [6, 6.07) is 13.0. The predicted octanol–water partition coefficient (Wildman–Crippen LogP) is 2.91. The number of fused-ring (bicyclic) bond motifs is 1. The summed E-state index contributed by atoms with van der Waals surface area (Å²) in [5, 5.41) is 10.8. The van der Waals surface area contributed by atoms with E-state index in [9.17, 15) is 9.50 Å². The highest BCUT2D eigenvalue weighted by Gasteiger charge is 2.43. The van der Waals surface area contributed by atoms with Gasteiger partial charge in [0.05, 0.1) is 6.10 Å². The van der Waals surface area contributed by atoms with Gasteiger partial charge < -0.3 is 10.8 Å². The molecule has 0 saturated heterocycles. The summed E-state index contributed by atoms with van der Waals surface area (Å²) in [7, 11) is 0. The Balaban J connectivity index is 2.00. The molecule has 1 aliphatic carbocycles. The fourth-order valence-electron chi connectivity index (χ4n) is 3.38. The molecule has 0 radical (unpaired) electrons. The molecule has 0 amide bonds. The van der Waals surface area contributed by atoms with Gasteiger partial charge >= 0.3 is 0 Å². The van der Waals surface area contributed by atoms with Gasteiger partial charge in [0.25, 0.3) is 0 Å². The number of hydrogen-bond donors (Lipinski definition) is 2. The second kappa shape index (κ2) is 5.24. The van der Waals surface area contributed by atoms with Gasteiger partial charge in [-0.2, -0.15) is 0 Å². The van der Waals surface area contributed by atoms with E-state index in [1.807, 2.05) is 19.1 Å². The topological polar surface area (TPSA) is 46.2 Å². The van der Waals surface area contributed by atoms with E-state index in [4.69, 9.17) is 5.73 Å². The van der Waals surface area contributed by atoms with Crippen molar-refractivity contribution in [2.24, 2.45) is 11.1 Å². The van der Waals surface area contributed by atoms with Crippen LogP contribution in [-0.4, -0.2) is 11.7 Å². The molecular formula is C18H20FNO. The molecule has 1 unspecified atom stereocenters. The minimum atomic E-state index is -0.894. The molecule has 3 N–H and O–H groups in total. The van der Waals surface area contributed by atoms with Gasteiger partial charge in [-0.3, -0.25) is 0 Å². The Labute approximate surface area is 124 Å². The average Bonchev–Trinajstić information content (AvgIpc) is 2.89. The predicted molar refractivity (Wildman–Crippen MR) is 81.4 cm³/mol. The molecule has 0 bridgehead atoms. The van der Waals surface area contributed by atoms with Gasteiger partial charge in [-0.15, -0.1) is 0 Å². The largest absolute Gasteiger partial charge is 0.388 e. The summed E-state index contributed by atoms with van der Waals surface area (Å²) in [5.41, 5.74) is 9.18. The molecule has 2 aromatic rings. The second-order valence-corrected chi connectivity index (χ2v) is 6.12. The third-order valence-electron chi connectivity index (χ3n) is 4.64. The average molecular weight is 285 g/mol. The standard InChI is InChI=1S/C18H20FNO/c1-12-6-7-16(19)15(8-12)17(21)18(11-20)9-13-4-2-3-5-14(13)10-18/h2-8,17,21H,9-11,20H2,1H3. The van der Waals surface area contributed by atoms with Crippen molar-refractivity contribution in [1.82, 2.24) is 0 Å². The van der Waals surface area contributed by atoms with E-state index < -0.39 is 11.5 Å². The zero-order chi connectivity index (χ0) is 15.0. The maximum absolute atomic E-state index is 14.1. The van der Waals surface area contributed by atoms with Crippen molar-refractivity contribution in [2.75, 3.05) is 6.54 Å². The second-order valence-electron chi connectivity index (χ2n) is 6.12. The Kier molecular flexibility index (Phi) is 3.56. The first kappa shape index (κ1) is 14.2. The molecular weight excluding hydrogens is 265 g/mol. The molecule has 0 aromatic heterocycles. The molecule has 0 aliphatic heterocycles. The highest BCUT2D eigenvalue weighted by molar-refractivity contribution is 5.37. The zero-order valence-corrected chi connectivity index (χ0v) is 12.1. The van der Waals surface area contributed by atoms with Crippen LogP contribution >= 0.6 is 0 Å². The van der Waals surface area contributed by atoms with Crippen LogP contribution in [0.2, 0.25) is 0 Å². The fraction of sp³-hybridized carbons (Fsp3) is 0.333. The Bertz CT molecular complexity index is 643.